The highest BCUT2D eigenvalue weighted by Crippen LogP contribution is 2.19. The first-order chi connectivity index (χ1) is 11.2. The normalized spacial score (nSPS) is 16.8. The van der Waals surface area contributed by atoms with E-state index in [-0.39, 0.29) is 5.91 Å². The van der Waals surface area contributed by atoms with Crippen molar-refractivity contribution in [3.8, 4) is 0 Å². The summed E-state index contributed by atoms with van der Waals surface area (Å²) in [4.78, 5) is 21.6. The van der Waals surface area contributed by atoms with E-state index >= 15 is 0 Å². The number of carbonyl (C=O) groups is 1. The minimum absolute atomic E-state index is 0.185. The van der Waals surface area contributed by atoms with Gasteiger partial charge in [-0.05, 0) is 26.0 Å². The molecule has 0 bridgehead atoms. The fourth-order valence-electron chi connectivity index (χ4n) is 2.43. The van der Waals surface area contributed by atoms with Gasteiger partial charge < -0.3 is 10.2 Å². The summed E-state index contributed by atoms with van der Waals surface area (Å²) < 4.78 is 1.85. The highest BCUT2D eigenvalue weighted by atomic mass is 16.6. The molecule has 0 aliphatic carbocycles. The number of amides is 1. The molecule has 1 N–H and O–H groups in total. The Labute approximate surface area is 134 Å². The van der Waals surface area contributed by atoms with Gasteiger partial charge in [0.25, 0.3) is 5.91 Å². The Kier molecular flexibility index (Phi) is 4.36. The number of pyridine rings is 1. The second-order valence-corrected chi connectivity index (χ2v) is 5.36. The average molecular weight is 313 g/mol. The lowest BCUT2D eigenvalue weighted by atomic mass is 10.1. The van der Waals surface area contributed by atoms with Crippen molar-refractivity contribution in [1.82, 2.24) is 20.1 Å². The topological polar surface area (TPSA) is 81.4 Å². The summed E-state index contributed by atoms with van der Waals surface area (Å²) in [7, 11) is 0. The summed E-state index contributed by atoms with van der Waals surface area (Å²) in [5, 5.41) is 11.3. The van der Waals surface area contributed by atoms with Crippen LogP contribution in [0.3, 0.4) is 0 Å². The van der Waals surface area contributed by atoms with Gasteiger partial charge in [0, 0.05) is 30.9 Å². The van der Waals surface area contributed by atoms with Crippen LogP contribution in [0.1, 0.15) is 30.3 Å². The number of aromatic nitrogens is 3. The second-order valence-electron chi connectivity index (χ2n) is 5.36. The zero-order chi connectivity index (χ0) is 16.2. The maximum Gasteiger partial charge on any atom is 0.264 e. The van der Waals surface area contributed by atoms with Crippen LogP contribution in [0.4, 0.5) is 0 Å². The van der Waals surface area contributed by atoms with Gasteiger partial charge >= 0.3 is 0 Å². The largest absolute Gasteiger partial charge is 0.382 e. The first-order valence-corrected chi connectivity index (χ1v) is 7.62. The van der Waals surface area contributed by atoms with E-state index < -0.39 is 6.10 Å². The summed E-state index contributed by atoms with van der Waals surface area (Å²) in [6.45, 7) is 5.13. The molecule has 0 fully saturated rings. The average Bonchev–Trinajstić information content (AvgIpc) is 3.20. The lowest BCUT2D eigenvalue weighted by Gasteiger charge is -2.08. The monoisotopic (exact) mass is 313 g/mol. The van der Waals surface area contributed by atoms with Crippen LogP contribution >= 0.6 is 0 Å². The molecule has 0 saturated carbocycles. The summed E-state index contributed by atoms with van der Waals surface area (Å²) in [6, 6.07) is 5.58. The van der Waals surface area contributed by atoms with Crippen molar-refractivity contribution in [3.63, 3.8) is 0 Å². The van der Waals surface area contributed by atoms with Crippen molar-refractivity contribution in [2.75, 3.05) is 0 Å². The van der Waals surface area contributed by atoms with Crippen molar-refractivity contribution in [1.29, 1.82) is 0 Å². The molecule has 0 spiro atoms. The summed E-state index contributed by atoms with van der Waals surface area (Å²) >= 11 is 0. The number of aryl methyl sites for hydroxylation is 2. The predicted molar refractivity (Wildman–Crippen MR) is 84.7 cm³/mol. The lowest BCUT2D eigenvalue weighted by molar-refractivity contribution is -0.131. The van der Waals surface area contributed by atoms with Crippen molar-refractivity contribution >= 4 is 11.6 Å². The van der Waals surface area contributed by atoms with Crippen LogP contribution in [0.15, 0.2) is 35.7 Å². The predicted octanol–water partition coefficient (Wildman–Crippen LogP) is 1.42. The van der Waals surface area contributed by atoms with E-state index in [2.05, 4.69) is 20.6 Å². The minimum atomic E-state index is -0.599. The van der Waals surface area contributed by atoms with Crippen LogP contribution in [0, 0.1) is 6.92 Å². The molecule has 0 radical (unpaired) electrons. The Balaban J connectivity index is 1.58. The van der Waals surface area contributed by atoms with Gasteiger partial charge in [-0.2, -0.15) is 5.10 Å². The summed E-state index contributed by atoms with van der Waals surface area (Å²) in [6.07, 6.45) is 3.48. The number of carbonyl (C=O) groups excluding carboxylic acids is 1. The molecule has 23 heavy (non-hydrogen) atoms. The third-order valence-corrected chi connectivity index (χ3v) is 3.71. The van der Waals surface area contributed by atoms with Gasteiger partial charge in [-0.15, -0.1) is 0 Å². The summed E-state index contributed by atoms with van der Waals surface area (Å²) in [5.74, 6) is -0.185. The number of rotatable bonds is 5. The molecule has 7 heteroatoms. The second kappa shape index (κ2) is 6.60. The van der Waals surface area contributed by atoms with E-state index in [9.17, 15) is 4.79 Å². The standard InChI is InChI=1S/C16H19N5O2/c1-3-21-10-13(11(2)19-21)14-8-15(23-20-14)16(22)18-9-12-6-4-5-7-17-12/h4-7,10,15H,3,8-9H2,1-2H3,(H,18,22)/t15-/m1/s1. The first kappa shape index (κ1) is 15.2. The van der Waals surface area contributed by atoms with E-state index in [0.717, 1.165) is 29.2 Å². The Hall–Kier alpha value is -2.70. The quantitative estimate of drug-likeness (QED) is 0.905. The maximum atomic E-state index is 12.2. The molecule has 0 aromatic carbocycles. The molecular weight excluding hydrogens is 294 g/mol. The molecule has 1 aliphatic rings. The van der Waals surface area contributed by atoms with E-state index in [1.54, 1.807) is 6.20 Å². The minimum Gasteiger partial charge on any atom is -0.382 e. The molecule has 7 nitrogen and oxygen atoms in total. The first-order valence-electron chi connectivity index (χ1n) is 7.62. The summed E-state index contributed by atoms with van der Waals surface area (Å²) in [5.41, 5.74) is 3.40. The molecule has 2 aromatic heterocycles. The van der Waals surface area contributed by atoms with Crippen LogP contribution in [0.5, 0.6) is 0 Å². The number of nitrogens with zero attached hydrogens (tertiary/aromatic N) is 4. The van der Waals surface area contributed by atoms with Gasteiger partial charge in [0.2, 0.25) is 6.10 Å². The van der Waals surface area contributed by atoms with Crippen molar-refractivity contribution < 1.29 is 9.63 Å². The molecule has 1 amide bonds. The SMILES string of the molecule is CCn1cc(C2=NO[C@@H](C(=O)NCc3ccccn3)C2)c(C)n1. The van der Waals surface area contributed by atoms with Crippen molar-refractivity contribution in [3.05, 3.63) is 47.5 Å². The highest BCUT2D eigenvalue weighted by molar-refractivity contribution is 6.04. The van der Waals surface area contributed by atoms with Crippen molar-refractivity contribution in [2.45, 2.75) is 39.5 Å². The molecular formula is C16H19N5O2. The molecule has 2 aromatic rings. The fraction of sp³-hybridized carbons (Fsp3) is 0.375. The van der Waals surface area contributed by atoms with Crippen LogP contribution in [0.25, 0.3) is 0 Å². The van der Waals surface area contributed by atoms with Gasteiger partial charge in [0.05, 0.1) is 23.6 Å². The molecule has 120 valence electrons. The smallest absolute Gasteiger partial charge is 0.264 e. The van der Waals surface area contributed by atoms with E-state index in [1.807, 2.05) is 42.9 Å². The molecule has 1 atom stereocenters. The Morgan fingerprint density at radius 2 is 2.35 bits per heavy atom. The number of oxime groups is 1. The molecule has 0 saturated heterocycles. The van der Waals surface area contributed by atoms with Crippen molar-refractivity contribution in [2.24, 2.45) is 5.16 Å². The van der Waals surface area contributed by atoms with Gasteiger partial charge in [0.1, 0.15) is 0 Å². The highest BCUT2D eigenvalue weighted by Gasteiger charge is 2.30. The molecule has 3 rings (SSSR count). The van der Waals surface area contributed by atoms with E-state index in [1.165, 1.54) is 0 Å². The molecule has 3 heterocycles. The number of hydrogen-bond donors (Lipinski definition) is 1. The van der Waals surface area contributed by atoms with Gasteiger partial charge in [-0.25, -0.2) is 0 Å². The number of hydrogen-bond acceptors (Lipinski definition) is 5. The van der Waals surface area contributed by atoms with E-state index in [4.69, 9.17) is 4.84 Å². The Morgan fingerprint density at radius 3 is 3.04 bits per heavy atom. The van der Waals surface area contributed by atoms with Gasteiger partial charge in [-0.3, -0.25) is 14.5 Å². The van der Waals surface area contributed by atoms with Crippen LogP contribution in [0.2, 0.25) is 0 Å². The van der Waals surface area contributed by atoms with Crippen LogP contribution < -0.4 is 5.32 Å². The third-order valence-electron chi connectivity index (χ3n) is 3.71. The van der Waals surface area contributed by atoms with E-state index in [0.29, 0.717) is 13.0 Å². The Morgan fingerprint density at radius 1 is 1.48 bits per heavy atom. The van der Waals surface area contributed by atoms with Crippen LogP contribution in [-0.4, -0.2) is 32.5 Å². The van der Waals surface area contributed by atoms with Gasteiger partial charge in [-0.1, -0.05) is 11.2 Å². The fourth-order valence-corrected chi connectivity index (χ4v) is 2.43. The van der Waals surface area contributed by atoms with Crippen LogP contribution in [-0.2, 0) is 22.7 Å². The Bertz CT molecular complexity index is 723. The van der Waals surface area contributed by atoms with Gasteiger partial charge in [0.15, 0.2) is 0 Å². The molecule has 0 unspecified atom stereocenters. The lowest BCUT2D eigenvalue weighted by Crippen LogP contribution is -2.34. The number of nitrogens with one attached hydrogen (secondary N) is 1. The third kappa shape index (κ3) is 3.39. The molecule has 1 aliphatic heterocycles. The maximum absolute atomic E-state index is 12.2. The zero-order valence-corrected chi connectivity index (χ0v) is 13.2. The zero-order valence-electron chi connectivity index (χ0n) is 13.2.